The van der Waals surface area contributed by atoms with E-state index in [2.05, 4.69) is 70.1 Å². The number of hydrogen-bond acceptors (Lipinski definition) is 3. The average Bonchev–Trinajstić information content (AvgIpc) is 2.88. The van der Waals surface area contributed by atoms with Gasteiger partial charge in [0.15, 0.2) is 0 Å². The number of halogens is 1. The number of thiophene rings is 1. The molecule has 1 N–H and O–H groups in total. The van der Waals surface area contributed by atoms with Crippen molar-refractivity contribution in [3.05, 3.63) is 50.6 Å². The molecule has 1 aromatic carbocycles. The van der Waals surface area contributed by atoms with Crippen molar-refractivity contribution in [2.75, 3.05) is 12.3 Å². The summed E-state index contributed by atoms with van der Waals surface area (Å²) in [6, 6.07) is 9.22. The average molecular weight is 370 g/mol. The van der Waals surface area contributed by atoms with Gasteiger partial charge in [0.1, 0.15) is 0 Å². The van der Waals surface area contributed by atoms with Crippen LogP contribution in [0.15, 0.2) is 44.4 Å². The Morgan fingerprint density at radius 2 is 1.95 bits per heavy atom. The molecule has 0 aliphatic heterocycles. The van der Waals surface area contributed by atoms with Gasteiger partial charge in [-0.3, -0.25) is 0 Å². The van der Waals surface area contributed by atoms with E-state index in [9.17, 15) is 0 Å². The molecule has 0 spiro atoms. The quantitative estimate of drug-likeness (QED) is 0.627. The van der Waals surface area contributed by atoms with E-state index in [0.717, 1.165) is 18.7 Å². The van der Waals surface area contributed by atoms with Gasteiger partial charge in [-0.1, -0.05) is 26.0 Å². The zero-order chi connectivity index (χ0) is 14.4. The summed E-state index contributed by atoms with van der Waals surface area (Å²) in [5.74, 6) is 1.12. The van der Waals surface area contributed by atoms with Crippen molar-refractivity contribution < 1.29 is 0 Å². The van der Waals surface area contributed by atoms with Gasteiger partial charge in [-0.05, 0) is 63.3 Å². The molecule has 0 saturated carbocycles. The molecular formula is C16H20BrNS2. The van der Waals surface area contributed by atoms with Crippen LogP contribution in [0, 0.1) is 0 Å². The van der Waals surface area contributed by atoms with E-state index in [1.54, 1.807) is 11.3 Å². The third-order valence-electron chi connectivity index (χ3n) is 3.08. The molecule has 0 amide bonds. The van der Waals surface area contributed by atoms with Gasteiger partial charge in [-0.15, -0.1) is 11.8 Å². The highest BCUT2D eigenvalue weighted by molar-refractivity contribution is 9.10. The standard InChI is InChI=1S/C16H20BrNS2/c1-3-9-18-16(14-10-19-11-15(14)17)12-5-7-13(8-6-12)20-4-2/h5-8,10-11,16,18H,3-4,9H2,1-2H3. The molecular weight excluding hydrogens is 350 g/mol. The highest BCUT2D eigenvalue weighted by atomic mass is 79.9. The van der Waals surface area contributed by atoms with Crippen LogP contribution in [0.1, 0.15) is 37.4 Å². The fourth-order valence-electron chi connectivity index (χ4n) is 2.12. The van der Waals surface area contributed by atoms with Crippen molar-refractivity contribution in [2.24, 2.45) is 0 Å². The van der Waals surface area contributed by atoms with Crippen LogP contribution in [0.25, 0.3) is 0 Å². The lowest BCUT2D eigenvalue weighted by Crippen LogP contribution is -2.23. The van der Waals surface area contributed by atoms with Gasteiger partial charge in [0.25, 0.3) is 0 Å². The predicted octanol–water partition coefficient (Wildman–Crippen LogP) is 5.71. The van der Waals surface area contributed by atoms with E-state index in [4.69, 9.17) is 0 Å². The van der Waals surface area contributed by atoms with Gasteiger partial charge in [-0.25, -0.2) is 0 Å². The Balaban J connectivity index is 2.24. The van der Waals surface area contributed by atoms with Crippen molar-refractivity contribution in [1.82, 2.24) is 5.32 Å². The minimum atomic E-state index is 0.274. The van der Waals surface area contributed by atoms with Crippen molar-refractivity contribution in [2.45, 2.75) is 31.2 Å². The van der Waals surface area contributed by atoms with Crippen molar-refractivity contribution >= 4 is 39.0 Å². The van der Waals surface area contributed by atoms with E-state index in [0.29, 0.717) is 0 Å². The molecule has 1 nitrogen and oxygen atoms in total. The summed E-state index contributed by atoms with van der Waals surface area (Å²) in [6.07, 6.45) is 1.14. The lowest BCUT2D eigenvalue weighted by atomic mass is 10.0. The summed E-state index contributed by atoms with van der Waals surface area (Å²) < 4.78 is 1.20. The number of thioether (sulfide) groups is 1. The maximum absolute atomic E-state index is 3.66. The molecule has 0 bridgehead atoms. The first kappa shape index (κ1) is 16.1. The minimum Gasteiger partial charge on any atom is -0.306 e. The molecule has 1 atom stereocenters. The molecule has 20 heavy (non-hydrogen) atoms. The third-order valence-corrected chi connectivity index (χ3v) is 5.72. The van der Waals surface area contributed by atoms with E-state index >= 15 is 0 Å². The van der Waals surface area contributed by atoms with Crippen molar-refractivity contribution in [3.63, 3.8) is 0 Å². The number of benzene rings is 1. The van der Waals surface area contributed by atoms with Crippen LogP contribution < -0.4 is 5.32 Å². The summed E-state index contributed by atoms with van der Waals surface area (Å²) in [4.78, 5) is 1.34. The first-order valence-corrected chi connectivity index (χ1v) is 9.66. The molecule has 4 heteroatoms. The molecule has 108 valence electrons. The van der Waals surface area contributed by atoms with Crippen molar-refractivity contribution in [1.29, 1.82) is 0 Å². The Morgan fingerprint density at radius 3 is 2.50 bits per heavy atom. The first-order valence-electron chi connectivity index (χ1n) is 6.94. The Kier molecular flexibility index (Phi) is 6.62. The van der Waals surface area contributed by atoms with Crippen LogP contribution in [0.2, 0.25) is 0 Å². The van der Waals surface area contributed by atoms with Crippen LogP contribution >= 0.6 is 39.0 Å². The smallest absolute Gasteiger partial charge is 0.0596 e. The normalized spacial score (nSPS) is 12.6. The molecule has 1 aromatic heterocycles. The number of nitrogens with one attached hydrogen (secondary N) is 1. The van der Waals surface area contributed by atoms with E-state index in [-0.39, 0.29) is 6.04 Å². The fraction of sp³-hybridized carbons (Fsp3) is 0.375. The molecule has 0 aliphatic carbocycles. The van der Waals surface area contributed by atoms with Gasteiger partial charge in [0.05, 0.1) is 6.04 Å². The summed E-state index contributed by atoms with van der Waals surface area (Å²) in [6.45, 7) is 5.42. The zero-order valence-corrected chi connectivity index (χ0v) is 15.1. The third kappa shape index (κ3) is 4.10. The van der Waals surface area contributed by atoms with Crippen LogP contribution in [-0.4, -0.2) is 12.3 Å². The molecule has 0 fully saturated rings. The summed E-state index contributed by atoms with van der Waals surface area (Å²) in [5.41, 5.74) is 2.66. The second-order valence-corrected chi connectivity index (χ2v) is 7.50. The van der Waals surface area contributed by atoms with Crippen LogP contribution in [0.5, 0.6) is 0 Å². The highest BCUT2D eigenvalue weighted by Crippen LogP contribution is 2.32. The highest BCUT2D eigenvalue weighted by Gasteiger charge is 2.16. The lowest BCUT2D eigenvalue weighted by molar-refractivity contribution is 0.598. The molecule has 1 unspecified atom stereocenters. The van der Waals surface area contributed by atoms with Gasteiger partial charge in [0.2, 0.25) is 0 Å². The summed E-state index contributed by atoms with van der Waals surface area (Å²) in [5, 5.41) is 8.03. The predicted molar refractivity (Wildman–Crippen MR) is 95.0 cm³/mol. The minimum absolute atomic E-state index is 0.274. The lowest BCUT2D eigenvalue weighted by Gasteiger charge is -2.19. The Morgan fingerprint density at radius 1 is 1.20 bits per heavy atom. The topological polar surface area (TPSA) is 12.0 Å². The zero-order valence-electron chi connectivity index (χ0n) is 11.9. The molecule has 2 rings (SSSR count). The summed E-state index contributed by atoms with van der Waals surface area (Å²) >= 11 is 7.29. The molecule has 0 aliphatic rings. The Hall–Kier alpha value is -0.290. The Labute approximate surface area is 138 Å². The maximum atomic E-state index is 3.66. The molecule has 2 aromatic rings. The van der Waals surface area contributed by atoms with Gasteiger partial charge in [-0.2, -0.15) is 11.3 Å². The van der Waals surface area contributed by atoms with E-state index in [1.165, 1.54) is 20.5 Å². The van der Waals surface area contributed by atoms with Gasteiger partial charge in [0, 0.05) is 14.7 Å². The van der Waals surface area contributed by atoms with Crippen molar-refractivity contribution in [3.8, 4) is 0 Å². The maximum Gasteiger partial charge on any atom is 0.0596 e. The van der Waals surface area contributed by atoms with E-state index in [1.807, 2.05) is 11.8 Å². The van der Waals surface area contributed by atoms with Crippen LogP contribution in [-0.2, 0) is 0 Å². The SMILES string of the molecule is CCCNC(c1ccc(SCC)cc1)c1cscc1Br. The monoisotopic (exact) mass is 369 g/mol. The molecule has 0 saturated heterocycles. The number of rotatable bonds is 7. The molecule has 0 radical (unpaired) electrons. The summed E-state index contributed by atoms with van der Waals surface area (Å²) in [7, 11) is 0. The van der Waals surface area contributed by atoms with Crippen LogP contribution in [0.3, 0.4) is 0 Å². The first-order chi connectivity index (χ1) is 9.76. The van der Waals surface area contributed by atoms with Gasteiger partial charge >= 0.3 is 0 Å². The Bertz CT molecular complexity index is 522. The second kappa shape index (κ2) is 8.23. The largest absolute Gasteiger partial charge is 0.306 e. The van der Waals surface area contributed by atoms with Crippen LogP contribution in [0.4, 0.5) is 0 Å². The van der Waals surface area contributed by atoms with Gasteiger partial charge < -0.3 is 5.32 Å². The number of hydrogen-bond donors (Lipinski definition) is 1. The van der Waals surface area contributed by atoms with E-state index < -0.39 is 0 Å². The second-order valence-electron chi connectivity index (χ2n) is 4.56. The fourth-order valence-corrected chi connectivity index (χ4v) is 4.33. The molecule has 1 heterocycles.